The second-order valence-corrected chi connectivity index (χ2v) is 8.63. The molecule has 1 aromatic rings. The van der Waals surface area contributed by atoms with Gasteiger partial charge >= 0.3 is 0 Å². The van der Waals surface area contributed by atoms with Gasteiger partial charge in [-0.15, -0.1) is 0 Å². The van der Waals surface area contributed by atoms with Crippen LogP contribution in [0.4, 0.5) is 0 Å². The fourth-order valence-corrected chi connectivity index (χ4v) is 3.83. The van der Waals surface area contributed by atoms with Crippen LogP contribution in [0.2, 0.25) is 0 Å². The molecule has 7 heteroatoms. The molecule has 1 aliphatic heterocycles. The maximum absolute atomic E-state index is 12.4. The third kappa shape index (κ3) is 4.15. The minimum Gasteiger partial charge on any atom is -0.381 e. The van der Waals surface area contributed by atoms with E-state index in [9.17, 15) is 13.2 Å². The molecule has 132 valence electrons. The molecule has 1 saturated heterocycles. The van der Waals surface area contributed by atoms with Crippen molar-refractivity contribution in [3.8, 4) is 0 Å². The van der Waals surface area contributed by atoms with E-state index in [0.29, 0.717) is 11.6 Å². The minimum absolute atomic E-state index is 0.0993. The zero-order valence-electron chi connectivity index (χ0n) is 13.8. The smallest absolute Gasteiger partial charge is 0.251 e. The van der Waals surface area contributed by atoms with Crippen molar-refractivity contribution < 1.29 is 17.9 Å². The Morgan fingerprint density at radius 2 is 1.83 bits per heavy atom. The van der Waals surface area contributed by atoms with Crippen molar-refractivity contribution in [1.82, 2.24) is 10.6 Å². The third-order valence-corrected chi connectivity index (χ3v) is 5.90. The van der Waals surface area contributed by atoms with E-state index in [1.54, 1.807) is 12.1 Å². The van der Waals surface area contributed by atoms with Crippen molar-refractivity contribution in [2.24, 2.45) is 0 Å². The molecule has 6 nitrogen and oxygen atoms in total. The molecule has 1 heterocycles. The first-order valence-corrected chi connectivity index (χ1v) is 10.3. The Morgan fingerprint density at radius 1 is 1.12 bits per heavy atom. The predicted octanol–water partition coefficient (Wildman–Crippen LogP) is 1.12. The Kier molecular flexibility index (Phi) is 5.22. The van der Waals surface area contributed by atoms with Crippen molar-refractivity contribution in [3.63, 3.8) is 0 Å². The first-order valence-electron chi connectivity index (χ1n) is 8.38. The largest absolute Gasteiger partial charge is 0.381 e. The van der Waals surface area contributed by atoms with Crippen LogP contribution in [0.15, 0.2) is 29.2 Å². The van der Waals surface area contributed by atoms with Gasteiger partial charge in [0.25, 0.3) is 5.91 Å². The fourth-order valence-electron chi connectivity index (χ4n) is 3.16. The molecule has 2 fully saturated rings. The summed E-state index contributed by atoms with van der Waals surface area (Å²) in [6.45, 7) is 1.58. The van der Waals surface area contributed by atoms with Gasteiger partial charge in [0, 0.05) is 43.2 Å². The summed E-state index contributed by atoms with van der Waals surface area (Å²) in [5.41, 5.74) is 0.384. The van der Waals surface area contributed by atoms with E-state index in [1.165, 1.54) is 12.1 Å². The molecular weight excluding hydrogens is 328 g/mol. The summed E-state index contributed by atoms with van der Waals surface area (Å²) in [4.78, 5) is 12.6. The van der Waals surface area contributed by atoms with Gasteiger partial charge in [-0.05, 0) is 43.9 Å². The number of rotatable bonds is 5. The maximum atomic E-state index is 12.4. The van der Waals surface area contributed by atoms with E-state index < -0.39 is 9.84 Å². The molecule has 2 atom stereocenters. The van der Waals surface area contributed by atoms with Gasteiger partial charge in [0.2, 0.25) is 0 Å². The Balaban J connectivity index is 1.58. The Labute approximate surface area is 142 Å². The zero-order valence-corrected chi connectivity index (χ0v) is 14.6. The topological polar surface area (TPSA) is 84.5 Å². The normalized spacial score (nSPS) is 25.0. The van der Waals surface area contributed by atoms with Crippen LogP contribution in [0.25, 0.3) is 0 Å². The van der Waals surface area contributed by atoms with Gasteiger partial charge in [-0.3, -0.25) is 4.79 Å². The van der Waals surface area contributed by atoms with Crippen molar-refractivity contribution >= 4 is 15.7 Å². The SMILES string of the molecule is CS(=O)(=O)c1cccc(C(=O)N[C@H]2CC[C@H]2NC2CCOCC2)c1. The molecule has 0 bridgehead atoms. The number of carbonyl (C=O) groups is 1. The summed E-state index contributed by atoms with van der Waals surface area (Å²) >= 11 is 0. The molecule has 1 aromatic carbocycles. The second-order valence-electron chi connectivity index (χ2n) is 6.62. The van der Waals surface area contributed by atoms with Gasteiger partial charge in [-0.1, -0.05) is 6.07 Å². The van der Waals surface area contributed by atoms with E-state index in [0.717, 1.165) is 45.2 Å². The average molecular weight is 352 g/mol. The van der Waals surface area contributed by atoms with Gasteiger partial charge in [0.1, 0.15) is 0 Å². The molecule has 1 amide bonds. The number of carbonyl (C=O) groups excluding carboxylic acids is 1. The van der Waals surface area contributed by atoms with Gasteiger partial charge in [-0.25, -0.2) is 8.42 Å². The second kappa shape index (κ2) is 7.21. The Morgan fingerprint density at radius 3 is 2.46 bits per heavy atom. The van der Waals surface area contributed by atoms with E-state index in [4.69, 9.17) is 4.74 Å². The summed E-state index contributed by atoms with van der Waals surface area (Å²) < 4.78 is 28.6. The molecule has 3 rings (SSSR count). The maximum Gasteiger partial charge on any atom is 0.251 e. The van der Waals surface area contributed by atoms with Crippen molar-refractivity contribution in [2.45, 2.75) is 48.7 Å². The van der Waals surface area contributed by atoms with Crippen LogP contribution in [0.3, 0.4) is 0 Å². The van der Waals surface area contributed by atoms with Crippen LogP contribution < -0.4 is 10.6 Å². The quantitative estimate of drug-likeness (QED) is 0.830. The van der Waals surface area contributed by atoms with Crippen LogP contribution in [-0.2, 0) is 14.6 Å². The fraction of sp³-hybridized carbons (Fsp3) is 0.588. The molecule has 24 heavy (non-hydrogen) atoms. The molecule has 0 spiro atoms. The molecule has 1 saturated carbocycles. The van der Waals surface area contributed by atoms with Crippen molar-refractivity contribution in [3.05, 3.63) is 29.8 Å². The summed E-state index contributed by atoms with van der Waals surface area (Å²) in [5, 5.41) is 6.63. The molecule has 2 N–H and O–H groups in total. The molecule has 1 aliphatic carbocycles. The molecule has 0 unspecified atom stereocenters. The highest BCUT2D eigenvalue weighted by molar-refractivity contribution is 7.90. The van der Waals surface area contributed by atoms with Gasteiger partial charge in [0.05, 0.1) is 4.90 Å². The molecule has 0 aromatic heterocycles. The lowest BCUT2D eigenvalue weighted by molar-refractivity contribution is 0.0652. The van der Waals surface area contributed by atoms with Crippen molar-refractivity contribution in [1.29, 1.82) is 0 Å². The van der Waals surface area contributed by atoms with E-state index in [-0.39, 0.29) is 22.9 Å². The average Bonchev–Trinajstić information content (AvgIpc) is 2.57. The van der Waals surface area contributed by atoms with Gasteiger partial charge in [-0.2, -0.15) is 0 Å². The highest BCUT2D eigenvalue weighted by atomic mass is 32.2. The number of sulfone groups is 1. The van der Waals surface area contributed by atoms with Crippen LogP contribution in [-0.4, -0.2) is 51.9 Å². The lowest BCUT2D eigenvalue weighted by atomic mass is 9.85. The van der Waals surface area contributed by atoms with Gasteiger partial charge in [0.15, 0.2) is 9.84 Å². The number of hydrogen-bond donors (Lipinski definition) is 2. The van der Waals surface area contributed by atoms with E-state index in [1.807, 2.05) is 0 Å². The summed E-state index contributed by atoms with van der Waals surface area (Å²) in [5.74, 6) is -0.219. The number of hydrogen-bond acceptors (Lipinski definition) is 5. The van der Waals surface area contributed by atoms with Crippen LogP contribution >= 0.6 is 0 Å². The lowest BCUT2D eigenvalue weighted by Gasteiger charge is -2.41. The first kappa shape index (κ1) is 17.4. The highest BCUT2D eigenvalue weighted by Crippen LogP contribution is 2.23. The number of benzene rings is 1. The number of nitrogens with one attached hydrogen (secondary N) is 2. The van der Waals surface area contributed by atoms with Gasteiger partial charge < -0.3 is 15.4 Å². The first-order chi connectivity index (χ1) is 11.4. The molecule has 0 radical (unpaired) electrons. The lowest BCUT2D eigenvalue weighted by Crippen LogP contribution is -2.59. The molecule has 2 aliphatic rings. The van der Waals surface area contributed by atoms with E-state index >= 15 is 0 Å². The van der Waals surface area contributed by atoms with Crippen LogP contribution in [0.5, 0.6) is 0 Å². The minimum atomic E-state index is -3.31. The predicted molar refractivity (Wildman–Crippen MR) is 90.8 cm³/mol. The summed E-state index contributed by atoms with van der Waals surface area (Å²) in [6.07, 6.45) is 5.15. The zero-order chi connectivity index (χ0) is 17.2. The van der Waals surface area contributed by atoms with Crippen LogP contribution in [0.1, 0.15) is 36.0 Å². The van der Waals surface area contributed by atoms with E-state index in [2.05, 4.69) is 10.6 Å². The standard InChI is InChI=1S/C17H24N2O4S/c1-24(21,22)14-4-2-3-12(11-14)17(20)19-16-6-5-15(16)18-13-7-9-23-10-8-13/h2-4,11,13,15-16,18H,5-10H2,1H3,(H,19,20)/t15-,16+/m1/s1. The number of amides is 1. The monoisotopic (exact) mass is 352 g/mol. The Hall–Kier alpha value is -1.44. The van der Waals surface area contributed by atoms with Crippen molar-refractivity contribution in [2.75, 3.05) is 19.5 Å². The number of ether oxygens (including phenoxy) is 1. The highest BCUT2D eigenvalue weighted by Gasteiger charge is 2.34. The molecular formula is C17H24N2O4S. The Bertz CT molecular complexity index is 698. The summed E-state index contributed by atoms with van der Waals surface area (Å²) in [6, 6.07) is 7.03. The summed E-state index contributed by atoms with van der Waals surface area (Å²) in [7, 11) is -3.31. The van der Waals surface area contributed by atoms with Crippen LogP contribution in [0, 0.1) is 0 Å². The third-order valence-electron chi connectivity index (χ3n) is 4.79.